The molecule has 0 unspecified atom stereocenters. The molecule has 14 heavy (non-hydrogen) atoms. The van der Waals surface area contributed by atoms with Gasteiger partial charge in [-0.1, -0.05) is 0 Å². The van der Waals surface area contributed by atoms with Crippen molar-refractivity contribution in [1.82, 2.24) is 0 Å². The molecule has 0 bridgehead atoms. The molecule has 0 saturated carbocycles. The molecule has 0 aromatic heterocycles. The van der Waals surface area contributed by atoms with Crippen molar-refractivity contribution in [1.29, 1.82) is 0 Å². The van der Waals surface area contributed by atoms with Crippen molar-refractivity contribution in [2.75, 3.05) is 6.86 Å². The lowest BCUT2D eigenvalue weighted by molar-refractivity contribution is -0.387. The van der Waals surface area contributed by atoms with Crippen LogP contribution in [0.4, 0.5) is 14.5 Å². The molecule has 0 atom stereocenters. The molecule has 1 aromatic rings. The molecule has 0 amide bonds. The minimum absolute atomic E-state index is 0.104. The van der Waals surface area contributed by atoms with Crippen LogP contribution in [0.25, 0.3) is 0 Å². The van der Waals surface area contributed by atoms with Crippen molar-refractivity contribution in [3.05, 3.63) is 32.5 Å². The SMILES string of the molecule is O=[N+]([O-])c1cc(OCF)cc(Br)c1F. The first-order valence-electron chi connectivity index (χ1n) is 3.38. The number of halogens is 3. The van der Waals surface area contributed by atoms with E-state index in [0.717, 1.165) is 12.1 Å². The first-order chi connectivity index (χ1) is 6.56. The van der Waals surface area contributed by atoms with Crippen LogP contribution in [-0.4, -0.2) is 11.8 Å². The van der Waals surface area contributed by atoms with Gasteiger partial charge in [-0.05, 0) is 22.0 Å². The van der Waals surface area contributed by atoms with Crippen LogP contribution in [0.2, 0.25) is 0 Å². The van der Waals surface area contributed by atoms with Gasteiger partial charge in [-0.25, -0.2) is 4.39 Å². The summed E-state index contributed by atoms with van der Waals surface area (Å²) in [7, 11) is 0. The highest BCUT2D eigenvalue weighted by atomic mass is 79.9. The third kappa shape index (κ3) is 2.16. The van der Waals surface area contributed by atoms with E-state index in [9.17, 15) is 18.9 Å². The first-order valence-corrected chi connectivity index (χ1v) is 4.17. The molecule has 0 spiro atoms. The molecule has 7 heteroatoms. The van der Waals surface area contributed by atoms with Gasteiger partial charge >= 0.3 is 5.69 Å². The van der Waals surface area contributed by atoms with Crippen molar-refractivity contribution >= 4 is 21.6 Å². The van der Waals surface area contributed by atoms with E-state index in [-0.39, 0.29) is 10.2 Å². The molecule has 0 aliphatic rings. The average Bonchev–Trinajstić information content (AvgIpc) is 2.11. The first kappa shape index (κ1) is 10.8. The van der Waals surface area contributed by atoms with Gasteiger partial charge in [-0.2, -0.15) is 4.39 Å². The summed E-state index contributed by atoms with van der Waals surface area (Å²) < 4.78 is 29.0. The summed E-state index contributed by atoms with van der Waals surface area (Å²) in [5.74, 6) is -1.12. The molecule has 4 nitrogen and oxygen atoms in total. The van der Waals surface area contributed by atoms with Crippen LogP contribution in [0.1, 0.15) is 0 Å². The van der Waals surface area contributed by atoms with E-state index in [1.165, 1.54) is 0 Å². The third-order valence-electron chi connectivity index (χ3n) is 1.40. The number of hydrogen-bond acceptors (Lipinski definition) is 3. The molecule has 1 rings (SSSR count). The Morgan fingerprint density at radius 3 is 2.71 bits per heavy atom. The minimum atomic E-state index is -1.13. The lowest BCUT2D eigenvalue weighted by Gasteiger charge is -2.02. The second-order valence-electron chi connectivity index (χ2n) is 2.25. The van der Waals surface area contributed by atoms with Crippen LogP contribution in [0.15, 0.2) is 16.6 Å². The maximum atomic E-state index is 13.0. The number of nitro benzene ring substituents is 1. The standard InChI is InChI=1S/C7H4BrF2NO3/c8-5-1-4(14-3-9)2-6(7(5)10)11(12)13/h1-2H,3H2. The van der Waals surface area contributed by atoms with Gasteiger partial charge in [-0.15, -0.1) is 0 Å². The Hall–Kier alpha value is -1.24. The minimum Gasteiger partial charge on any atom is -0.463 e. The summed E-state index contributed by atoms with van der Waals surface area (Å²) in [5.41, 5.74) is -0.761. The molecule has 0 aliphatic carbocycles. The Morgan fingerprint density at radius 2 is 2.21 bits per heavy atom. The fraction of sp³-hybridized carbons (Fsp3) is 0.143. The van der Waals surface area contributed by atoms with Crippen LogP contribution in [0, 0.1) is 15.9 Å². The number of benzene rings is 1. The van der Waals surface area contributed by atoms with Crippen LogP contribution in [0.3, 0.4) is 0 Å². The molecule has 0 saturated heterocycles. The van der Waals surface area contributed by atoms with E-state index < -0.39 is 23.3 Å². The van der Waals surface area contributed by atoms with Gasteiger partial charge in [0.15, 0.2) is 0 Å². The van der Waals surface area contributed by atoms with E-state index in [4.69, 9.17) is 0 Å². The number of alkyl halides is 1. The molecule has 76 valence electrons. The van der Waals surface area contributed by atoms with Gasteiger partial charge in [0.05, 0.1) is 15.5 Å². The Bertz CT molecular complexity index is 372. The van der Waals surface area contributed by atoms with E-state index in [1.807, 2.05) is 0 Å². The van der Waals surface area contributed by atoms with Crippen molar-refractivity contribution in [3.63, 3.8) is 0 Å². The van der Waals surface area contributed by atoms with Crippen molar-refractivity contribution in [2.45, 2.75) is 0 Å². The van der Waals surface area contributed by atoms with Crippen LogP contribution >= 0.6 is 15.9 Å². The van der Waals surface area contributed by atoms with Crippen LogP contribution in [0.5, 0.6) is 5.75 Å². The van der Waals surface area contributed by atoms with Gasteiger partial charge in [0, 0.05) is 0 Å². The molecule has 1 aromatic carbocycles. The van der Waals surface area contributed by atoms with E-state index in [0.29, 0.717) is 0 Å². The lowest BCUT2D eigenvalue weighted by atomic mass is 10.3. The molecule has 0 radical (unpaired) electrons. The normalized spacial score (nSPS) is 9.93. The van der Waals surface area contributed by atoms with E-state index >= 15 is 0 Å². The average molecular weight is 268 g/mol. The van der Waals surface area contributed by atoms with Gasteiger partial charge < -0.3 is 4.74 Å². The van der Waals surface area contributed by atoms with Crippen LogP contribution in [-0.2, 0) is 0 Å². The zero-order valence-corrected chi connectivity index (χ0v) is 8.25. The highest BCUT2D eigenvalue weighted by molar-refractivity contribution is 9.10. The fourth-order valence-electron chi connectivity index (χ4n) is 0.830. The quantitative estimate of drug-likeness (QED) is 0.625. The van der Waals surface area contributed by atoms with Gasteiger partial charge in [0.2, 0.25) is 12.7 Å². The summed E-state index contributed by atoms with van der Waals surface area (Å²) in [6, 6.07) is 1.93. The summed E-state index contributed by atoms with van der Waals surface area (Å²) in [6.07, 6.45) is 0. The molecule has 0 fully saturated rings. The second-order valence-corrected chi connectivity index (χ2v) is 3.10. The zero-order valence-electron chi connectivity index (χ0n) is 6.67. The Kier molecular flexibility index (Phi) is 3.34. The molecule has 0 N–H and O–H groups in total. The zero-order chi connectivity index (χ0) is 10.7. The highest BCUT2D eigenvalue weighted by Gasteiger charge is 2.19. The second kappa shape index (κ2) is 4.32. The van der Waals surface area contributed by atoms with Crippen LogP contribution < -0.4 is 4.74 Å². The number of rotatable bonds is 3. The maximum absolute atomic E-state index is 13.0. The lowest BCUT2D eigenvalue weighted by Crippen LogP contribution is -1.96. The molecule has 0 heterocycles. The van der Waals surface area contributed by atoms with Gasteiger partial charge in [-0.3, -0.25) is 10.1 Å². The Balaban J connectivity index is 3.21. The van der Waals surface area contributed by atoms with Crippen molar-refractivity contribution in [2.24, 2.45) is 0 Å². The van der Waals surface area contributed by atoms with Crippen molar-refractivity contribution < 1.29 is 18.4 Å². The fourth-order valence-corrected chi connectivity index (χ4v) is 1.26. The number of nitrogens with zero attached hydrogens (tertiary/aromatic N) is 1. The molecular weight excluding hydrogens is 264 g/mol. The van der Waals surface area contributed by atoms with Gasteiger partial charge in [0.1, 0.15) is 5.75 Å². The predicted molar refractivity (Wildman–Crippen MR) is 47.4 cm³/mol. The Morgan fingerprint density at radius 1 is 1.57 bits per heavy atom. The van der Waals surface area contributed by atoms with E-state index in [1.54, 1.807) is 0 Å². The summed E-state index contributed by atoms with van der Waals surface area (Å²) >= 11 is 2.75. The number of hydrogen-bond donors (Lipinski definition) is 0. The summed E-state index contributed by atoms with van der Waals surface area (Å²) in [6.45, 7) is -1.13. The predicted octanol–water partition coefficient (Wildman–Crippen LogP) is 2.80. The monoisotopic (exact) mass is 267 g/mol. The topological polar surface area (TPSA) is 52.4 Å². The van der Waals surface area contributed by atoms with Gasteiger partial charge in [0.25, 0.3) is 0 Å². The third-order valence-corrected chi connectivity index (χ3v) is 1.98. The smallest absolute Gasteiger partial charge is 0.309 e. The van der Waals surface area contributed by atoms with Crippen molar-refractivity contribution in [3.8, 4) is 5.75 Å². The summed E-state index contributed by atoms with van der Waals surface area (Å²) in [5, 5.41) is 10.3. The maximum Gasteiger partial charge on any atom is 0.309 e. The number of ether oxygens (including phenoxy) is 1. The Labute approximate surface area is 85.8 Å². The highest BCUT2D eigenvalue weighted by Crippen LogP contribution is 2.30. The summed E-state index contributed by atoms with van der Waals surface area (Å²) in [4.78, 5) is 9.41. The number of nitro groups is 1. The molecular formula is C7H4BrF2NO3. The van der Waals surface area contributed by atoms with E-state index in [2.05, 4.69) is 20.7 Å². The molecule has 0 aliphatic heterocycles. The largest absolute Gasteiger partial charge is 0.463 e.